The molecule has 7 nitrogen and oxygen atoms in total. The van der Waals surface area contributed by atoms with E-state index in [0.717, 1.165) is 16.8 Å². The molecule has 8 heteroatoms. The van der Waals surface area contributed by atoms with Crippen LogP contribution in [0.15, 0.2) is 72.6 Å². The molecule has 0 bridgehead atoms. The van der Waals surface area contributed by atoms with Gasteiger partial charge in [0.25, 0.3) is 0 Å². The monoisotopic (exact) mass is 569 g/mol. The molecule has 0 spiro atoms. The van der Waals surface area contributed by atoms with Crippen molar-refractivity contribution in [3.05, 3.63) is 100 Å². The molecule has 0 unspecified atom stereocenters. The van der Waals surface area contributed by atoms with Crippen LogP contribution in [0.2, 0.25) is 5.02 Å². The Labute approximate surface area is 248 Å². The van der Waals surface area contributed by atoms with Crippen molar-refractivity contribution in [2.24, 2.45) is 0 Å². The van der Waals surface area contributed by atoms with Crippen LogP contribution in [0.5, 0.6) is 0 Å². The Bertz CT molecular complexity index is 1830. The highest BCUT2D eigenvalue weighted by molar-refractivity contribution is 6.34. The molecule has 210 valence electrons. The second-order valence-corrected chi connectivity index (χ2v) is 11.1. The minimum Gasteiger partial charge on any atom is -0.350 e. The Hall–Kier alpha value is -4.23. The summed E-state index contributed by atoms with van der Waals surface area (Å²) in [5.74, 6) is 0.414. The molecule has 1 atom stereocenters. The molecular weight excluding hydrogens is 534 g/mol. The maximum absolute atomic E-state index is 14.1. The predicted molar refractivity (Wildman–Crippen MR) is 168 cm³/mol. The molecule has 0 aliphatic carbocycles. The number of amides is 1. The summed E-state index contributed by atoms with van der Waals surface area (Å²) in [6.07, 6.45) is 4.53. The molecule has 1 saturated heterocycles. The second kappa shape index (κ2) is 11.3. The van der Waals surface area contributed by atoms with Crippen LogP contribution in [0.4, 0.5) is 5.82 Å². The summed E-state index contributed by atoms with van der Waals surface area (Å²) in [6, 6.07) is 12.9. The van der Waals surface area contributed by atoms with Gasteiger partial charge in [-0.25, -0.2) is 4.79 Å². The van der Waals surface area contributed by atoms with Crippen molar-refractivity contribution in [3.63, 3.8) is 0 Å². The molecule has 41 heavy (non-hydrogen) atoms. The van der Waals surface area contributed by atoms with Gasteiger partial charge in [0.2, 0.25) is 5.91 Å². The number of nitrogens with zero attached hydrogens (tertiary/aromatic N) is 5. The van der Waals surface area contributed by atoms with Crippen molar-refractivity contribution in [3.8, 4) is 16.8 Å². The van der Waals surface area contributed by atoms with E-state index in [1.165, 1.54) is 12.2 Å². The van der Waals surface area contributed by atoms with Crippen LogP contribution in [-0.4, -0.2) is 51.0 Å². The summed E-state index contributed by atoms with van der Waals surface area (Å²) in [5, 5.41) is 1.13. The lowest BCUT2D eigenvalue weighted by Gasteiger charge is -2.40. The first-order chi connectivity index (χ1) is 20.5. The fourth-order valence-corrected chi connectivity index (χ4v) is 5.89. The maximum Gasteiger partial charge on any atom is 0.354 e. The van der Waals surface area contributed by atoms with Gasteiger partial charge in [-0.15, -0.1) is 0 Å². The van der Waals surface area contributed by atoms with Crippen LogP contribution in [0.25, 0.3) is 33.8 Å². The van der Waals surface area contributed by atoms with Crippen molar-refractivity contribution in [2.75, 3.05) is 24.5 Å². The van der Waals surface area contributed by atoms with Gasteiger partial charge in [0.05, 0.1) is 19.6 Å². The number of piperazine rings is 1. The van der Waals surface area contributed by atoms with Gasteiger partial charge < -0.3 is 9.80 Å². The number of carbonyl (C=O) groups excluding carboxylic acids is 1. The Balaban J connectivity index is 1.83. The third kappa shape index (κ3) is 5.06. The molecule has 0 radical (unpaired) electrons. The van der Waals surface area contributed by atoms with E-state index in [-0.39, 0.29) is 24.4 Å². The third-order valence-corrected chi connectivity index (χ3v) is 7.99. The zero-order valence-corrected chi connectivity index (χ0v) is 24.4. The summed E-state index contributed by atoms with van der Waals surface area (Å²) in [7, 11) is 0. The van der Waals surface area contributed by atoms with Gasteiger partial charge in [0, 0.05) is 47.8 Å². The number of aryl methyl sites for hydroxylation is 1. The number of pyridine rings is 1. The van der Waals surface area contributed by atoms with E-state index in [2.05, 4.69) is 21.4 Å². The SMILES string of the molecule is [2H]C([2H])=Cc1ccccc1-c1cc2c(cc1Cl)c(N1CCN(C(=O)C=C)C[C@@H]1C)nc(=O)n2-c1c(C)ccnc1C(C)C. The number of carbonyl (C=O) groups is 1. The zero-order chi connectivity index (χ0) is 31.0. The third-order valence-electron chi connectivity index (χ3n) is 7.68. The number of hydrogen-bond donors (Lipinski definition) is 0. The summed E-state index contributed by atoms with van der Waals surface area (Å²) in [6.45, 7) is 12.7. The molecule has 0 saturated carbocycles. The van der Waals surface area contributed by atoms with E-state index in [0.29, 0.717) is 58.2 Å². The number of fused-ring (bicyclic) bond motifs is 1. The zero-order valence-electron chi connectivity index (χ0n) is 25.7. The molecule has 2 aromatic heterocycles. The average Bonchev–Trinajstić information content (AvgIpc) is 2.96. The number of aromatic nitrogens is 3. The Morgan fingerprint density at radius 3 is 2.68 bits per heavy atom. The number of anilines is 1. The first-order valence-electron chi connectivity index (χ1n) is 14.7. The topological polar surface area (TPSA) is 71.3 Å². The van der Waals surface area contributed by atoms with Gasteiger partial charge in [-0.3, -0.25) is 14.3 Å². The molecular formula is C33H34ClN5O2. The second-order valence-electron chi connectivity index (χ2n) is 10.7. The molecule has 5 rings (SSSR count). The maximum atomic E-state index is 14.1. The lowest BCUT2D eigenvalue weighted by molar-refractivity contribution is -0.126. The molecule has 1 aliphatic heterocycles. The first-order valence-corrected chi connectivity index (χ1v) is 14.0. The average molecular weight is 570 g/mol. The van der Waals surface area contributed by atoms with Gasteiger partial charge in [-0.05, 0) is 60.7 Å². The van der Waals surface area contributed by atoms with E-state index in [4.69, 9.17) is 14.3 Å². The molecule has 1 amide bonds. The fraction of sp³-hybridized carbons (Fsp3) is 0.273. The summed E-state index contributed by atoms with van der Waals surface area (Å²) in [5.41, 5.74) is 4.57. The lowest BCUT2D eigenvalue weighted by Crippen LogP contribution is -2.54. The van der Waals surface area contributed by atoms with Crippen LogP contribution >= 0.6 is 11.6 Å². The Morgan fingerprint density at radius 2 is 1.98 bits per heavy atom. The van der Waals surface area contributed by atoms with Crippen LogP contribution in [0.3, 0.4) is 0 Å². The van der Waals surface area contributed by atoms with E-state index >= 15 is 0 Å². The van der Waals surface area contributed by atoms with Crippen molar-refractivity contribution < 1.29 is 7.54 Å². The van der Waals surface area contributed by atoms with Crippen LogP contribution in [-0.2, 0) is 4.79 Å². The fourth-order valence-electron chi connectivity index (χ4n) is 5.63. The normalized spacial score (nSPS) is 16.0. The standard InChI is InChI=1S/C33H34ClN5O2/c1-7-23-11-9-10-12-24(23)25-18-28-26(17-27(25)34)32(38-16-15-37(19-22(38)6)29(40)8-2)36-33(41)39(28)31-21(5)13-14-35-30(31)20(3)4/h7-14,17-18,20,22H,1-2,15-16,19H2,3-6H3/t22-/m0/s1/i1D2. The van der Waals surface area contributed by atoms with E-state index in [1.807, 2.05) is 70.2 Å². The first kappa shape index (κ1) is 25.7. The van der Waals surface area contributed by atoms with Crippen LogP contribution < -0.4 is 10.6 Å². The van der Waals surface area contributed by atoms with Crippen molar-refractivity contribution >= 4 is 40.3 Å². The minimum absolute atomic E-state index is 0.0391. The number of hydrogen-bond acceptors (Lipinski definition) is 5. The van der Waals surface area contributed by atoms with E-state index in [9.17, 15) is 9.59 Å². The summed E-state index contributed by atoms with van der Waals surface area (Å²) < 4.78 is 17.1. The Morgan fingerprint density at radius 1 is 1.20 bits per heavy atom. The number of benzene rings is 2. The van der Waals surface area contributed by atoms with E-state index in [1.54, 1.807) is 15.7 Å². The highest BCUT2D eigenvalue weighted by atomic mass is 35.5. The van der Waals surface area contributed by atoms with Gasteiger partial charge >= 0.3 is 5.69 Å². The largest absolute Gasteiger partial charge is 0.354 e. The molecule has 3 heterocycles. The quantitative estimate of drug-likeness (QED) is 0.251. The van der Waals surface area contributed by atoms with Crippen molar-refractivity contribution in [1.82, 2.24) is 19.4 Å². The molecule has 2 aromatic carbocycles. The Kier molecular flexibility index (Phi) is 7.11. The van der Waals surface area contributed by atoms with Crippen molar-refractivity contribution in [2.45, 2.75) is 39.7 Å². The van der Waals surface area contributed by atoms with Crippen LogP contribution in [0.1, 0.15) is 46.3 Å². The predicted octanol–water partition coefficient (Wildman–Crippen LogP) is 6.40. The van der Waals surface area contributed by atoms with E-state index < -0.39 is 5.69 Å². The molecule has 1 aliphatic rings. The molecule has 1 fully saturated rings. The summed E-state index contributed by atoms with van der Waals surface area (Å²) in [4.78, 5) is 39.5. The molecule has 0 N–H and O–H groups in total. The van der Waals surface area contributed by atoms with Gasteiger partial charge in [-0.2, -0.15) is 4.98 Å². The smallest absolute Gasteiger partial charge is 0.350 e. The number of halogens is 1. The highest BCUT2D eigenvalue weighted by Gasteiger charge is 2.30. The van der Waals surface area contributed by atoms with Crippen LogP contribution in [0, 0.1) is 6.92 Å². The highest BCUT2D eigenvalue weighted by Crippen LogP contribution is 2.38. The van der Waals surface area contributed by atoms with Gasteiger partial charge in [0.1, 0.15) is 5.82 Å². The lowest BCUT2D eigenvalue weighted by atomic mass is 9.97. The van der Waals surface area contributed by atoms with Gasteiger partial charge in [0.15, 0.2) is 0 Å². The number of rotatable bonds is 6. The minimum atomic E-state index is -0.446. The van der Waals surface area contributed by atoms with Gasteiger partial charge in [-0.1, -0.05) is 68.9 Å². The molecule has 4 aromatic rings. The van der Waals surface area contributed by atoms with Crippen molar-refractivity contribution in [1.29, 1.82) is 0 Å². The summed E-state index contributed by atoms with van der Waals surface area (Å²) >= 11 is 7.00.